The molecule has 1 fully saturated rings. The topological polar surface area (TPSA) is 56.0 Å². The van der Waals surface area contributed by atoms with Crippen LogP contribution in [0.5, 0.6) is 0 Å². The van der Waals surface area contributed by atoms with E-state index >= 15 is 0 Å². The van der Waals surface area contributed by atoms with Crippen molar-refractivity contribution >= 4 is 33.5 Å². The van der Waals surface area contributed by atoms with Crippen molar-refractivity contribution in [3.05, 3.63) is 45.6 Å². The van der Waals surface area contributed by atoms with Crippen molar-refractivity contribution < 1.29 is 8.63 Å². The molecule has 7 heteroatoms. The van der Waals surface area contributed by atoms with Crippen LogP contribution in [0.4, 0.5) is 0 Å². The summed E-state index contributed by atoms with van der Waals surface area (Å²) in [5.74, 6) is 2.12. The SMILES string of the molecule is O=[S@@](Cc1coc(-c2cccs2)n1)Cc1csc(C2CCCCC2)n1. The van der Waals surface area contributed by atoms with Gasteiger partial charge in [0.2, 0.25) is 5.89 Å². The largest absolute Gasteiger partial charge is 0.444 e. The normalized spacial score (nSPS) is 17.0. The van der Waals surface area contributed by atoms with Gasteiger partial charge in [0.1, 0.15) is 6.26 Å². The van der Waals surface area contributed by atoms with E-state index in [0.717, 1.165) is 16.3 Å². The Labute approximate surface area is 157 Å². The summed E-state index contributed by atoms with van der Waals surface area (Å²) in [7, 11) is -1.02. The van der Waals surface area contributed by atoms with Gasteiger partial charge < -0.3 is 4.42 Å². The highest BCUT2D eigenvalue weighted by atomic mass is 32.2. The highest BCUT2D eigenvalue weighted by Crippen LogP contribution is 2.34. The molecule has 0 amide bonds. The van der Waals surface area contributed by atoms with E-state index in [2.05, 4.69) is 10.4 Å². The maximum absolute atomic E-state index is 12.5. The first-order chi connectivity index (χ1) is 12.3. The Hall–Kier alpha value is -1.31. The monoisotopic (exact) mass is 392 g/mol. The number of hydrogen-bond acceptors (Lipinski definition) is 6. The molecule has 0 aliphatic heterocycles. The van der Waals surface area contributed by atoms with Crippen LogP contribution < -0.4 is 0 Å². The van der Waals surface area contributed by atoms with Gasteiger partial charge in [0.05, 0.1) is 32.8 Å². The van der Waals surface area contributed by atoms with Gasteiger partial charge >= 0.3 is 0 Å². The van der Waals surface area contributed by atoms with Gasteiger partial charge in [-0.05, 0) is 24.3 Å². The molecule has 1 atom stereocenters. The summed E-state index contributed by atoms with van der Waals surface area (Å²) < 4.78 is 18.0. The quantitative estimate of drug-likeness (QED) is 0.567. The molecule has 0 saturated heterocycles. The minimum absolute atomic E-state index is 0.408. The molecule has 1 aliphatic rings. The Balaban J connectivity index is 1.35. The van der Waals surface area contributed by atoms with Crippen LogP contribution in [-0.4, -0.2) is 14.2 Å². The summed E-state index contributed by atoms with van der Waals surface area (Å²) in [5.41, 5.74) is 1.69. The lowest BCUT2D eigenvalue weighted by Gasteiger charge is -2.18. The Morgan fingerprint density at radius 2 is 1.96 bits per heavy atom. The van der Waals surface area contributed by atoms with Crippen molar-refractivity contribution in [2.45, 2.75) is 49.5 Å². The summed E-state index contributed by atoms with van der Waals surface area (Å²) in [4.78, 5) is 10.2. The number of thiophene rings is 1. The average Bonchev–Trinajstić information content (AvgIpc) is 3.37. The van der Waals surface area contributed by atoms with Gasteiger partial charge in [0, 0.05) is 22.1 Å². The van der Waals surface area contributed by atoms with Crippen molar-refractivity contribution in [2.75, 3.05) is 0 Å². The first kappa shape index (κ1) is 17.1. The fraction of sp³-hybridized carbons (Fsp3) is 0.444. The highest BCUT2D eigenvalue weighted by Gasteiger charge is 2.19. The Morgan fingerprint density at radius 3 is 2.76 bits per heavy atom. The molecule has 1 saturated carbocycles. The molecule has 3 aromatic heterocycles. The third kappa shape index (κ3) is 4.27. The van der Waals surface area contributed by atoms with Crippen molar-refractivity contribution in [1.29, 1.82) is 0 Å². The summed E-state index contributed by atoms with van der Waals surface area (Å²) in [6.45, 7) is 0. The van der Waals surface area contributed by atoms with Crippen molar-refractivity contribution in [2.24, 2.45) is 0 Å². The van der Waals surface area contributed by atoms with Crippen LogP contribution in [0.2, 0.25) is 0 Å². The van der Waals surface area contributed by atoms with E-state index in [-0.39, 0.29) is 0 Å². The third-order valence-electron chi connectivity index (χ3n) is 4.43. The molecule has 132 valence electrons. The lowest BCUT2D eigenvalue weighted by molar-refractivity contribution is 0.442. The zero-order valence-corrected chi connectivity index (χ0v) is 16.3. The first-order valence-electron chi connectivity index (χ1n) is 8.55. The van der Waals surface area contributed by atoms with Gasteiger partial charge in [-0.25, -0.2) is 9.97 Å². The second-order valence-electron chi connectivity index (χ2n) is 6.36. The molecule has 0 N–H and O–H groups in total. The maximum atomic E-state index is 12.5. The molecule has 0 unspecified atom stereocenters. The summed E-state index contributed by atoms with van der Waals surface area (Å²) in [5, 5.41) is 5.29. The van der Waals surface area contributed by atoms with Gasteiger partial charge in [0.25, 0.3) is 0 Å². The maximum Gasteiger partial charge on any atom is 0.236 e. The first-order valence-corrected chi connectivity index (χ1v) is 11.8. The lowest BCUT2D eigenvalue weighted by atomic mass is 9.90. The van der Waals surface area contributed by atoms with Gasteiger partial charge in [-0.2, -0.15) is 0 Å². The summed E-state index contributed by atoms with van der Waals surface area (Å²) in [6.07, 6.45) is 8.08. The number of oxazole rings is 1. The van der Waals surface area contributed by atoms with Gasteiger partial charge in [-0.3, -0.25) is 4.21 Å². The van der Waals surface area contributed by atoms with E-state index in [0.29, 0.717) is 23.3 Å². The molecule has 3 heterocycles. The molecule has 3 aromatic rings. The molecular formula is C18H20N2O2S3. The van der Waals surface area contributed by atoms with E-state index < -0.39 is 10.8 Å². The summed E-state index contributed by atoms with van der Waals surface area (Å²) >= 11 is 3.31. The zero-order chi connectivity index (χ0) is 17.1. The average molecular weight is 393 g/mol. The molecule has 0 aromatic carbocycles. The van der Waals surface area contributed by atoms with Crippen molar-refractivity contribution in [3.63, 3.8) is 0 Å². The molecule has 0 radical (unpaired) electrons. The van der Waals surface area contributed by atoms with Gasteiger partial charge in [-0.15, -0.1) is 22.7 Å². The fourth-order valence-electron chi connectivity index (χ4n) is 3.19. The molecule has 25 heavy (non-hydrogen) atoms. The predicted molar refractivity (Wildman–Crippen MR) is 103 cm³/mol. The van der Waals surface area contributed by atoms with Crippen LogP contribution >= 0.6 is 22.7 Å². The molecule has 4 nitrogen and oxygen atoms in total. The Morgan fingerprint density at radius 1 is 1.12 bits per heavy atom. The molecule has 0 spiro atoms. The lowest BCUT2D eigenvalue weighted by Crippen LogP contribution is -2.05. The van der Waals surface area contributed by atoms with Crippen LogP contribution in [0.3, 0.4) is 0 Å². The Bertz CT molecular complexity index is 832. The standard InChI is InChI=1S/C18H20N2O2S3/c21-25(11-14-9-22-17(19-14)16-7-4-8-23-16)12-15-10-24-18(20-15)13-5-2-1-3-6-13/h4,7-10,13H,1-3,5-6,11-12H2/t25-/m0/s1. The van der Waals surface area contributed by atoms with Crippen LogP contribution in [0.1, 0.15) is 54.4 Å². The van der Waals surface area contributed by atoms with Gasteiger partial charge in [-0.1, -0.05) is 25.3 Å². The number of thiazole rings is 1. The third-order valence-corrected chi connectivity index (χ3v) is 7.57. The van der Waals surface area contributed by atoms with E-state index in [4.69, 9.17) is 9.40 Å². The van der Waals surface area contributed by atoms with E-state index in [1.807, 2.05) is 17.5 Å². The predicted octanol–water partition coefficient (Wildman–Crippen LogP) is 5.36. The van der Waals surface area contributed by atoms with E-state index in [9.17, 15) is 4.21 Å². The Kier molecular flexibility index (Phi) is 5.43. The van der Waals surface area contributed by atoms with Crippen LogP contribution in [0.15, 0.2) is 33.6 Å². The molecule has 1 aliphatic carbocycles. The highest BCUT2D eigenvalue weighted by molar-refractivity contribution is 7.83. The zero-order valence-electron chi connectivity index (χ0n) is 13.8. The number of nitrogens with zero attached hydrogens (tertiary/aromatic N) is 2. The van der Waals surface area contributed by atoms with E-state index in [1.165, 1.54) is 37.1 Å². The van der Waals surface area contributed by atoms with Crippen molar-refractivity contribution in [1.82, 2.24) is 9.97 Å². The number of aromatic nitrogens is 2. The number of rotatable bonds is 6. The minimum atomic E-state index is -1.02. The van der Waals surface area contributed by atoms with E-state index in [1.54, 1.807) is 28.9 Å². The van der Waals surface area contributed by atoms with Crippen molar-refractivity contribution in [3.8, 4) is 10.8 Å². The molecule has 4 rings (SSSR count). The molecule has 0 bridgehead atoms. The molecular weight excluding hydrogens is 372 g/mol. The number of hydrogen-bond donors (Lipinski definition) is 0. The van der Waals surface area contributed by atoms with Crippen LogP contribution in [-0.2, 0) is 22.3 Å². The minimum Gasteiger partial charge on any atom is -0.444 e. The van der Waals surface area contributed by atoms with Gasteiger partial charge in [0.15, 0.2) is 0 Å². The van der Waals surface area contributed by atoms with Crippen LogP contribution in [0, 0.1) is 0 Å². The smallest absolute Gasteiger partial charge is 0.236 e. The fourth-order valence-corrected chi connectivity index (χ4v) is 5.99. The van der Waals surface area contributed by atoms with Crippen LogP contribution in [0.25, 0.3) is 10.8 Å². The second-order valence-corrected chi connectivity index (χ2v) is 9.66. The summed E-state index contributed by atoms with van der Waals surface area (Å²) in [6, 6.07) is 3.94. The second kappa shape index (κ2) is 7.93.